The van der Waals surface area contributed by atoms with Gasteiger partial charge >= 0.3 is 5.97 Å². The summed E-state index contributed by atoms with van der Waals surface area (Å²) in [5.41, 5.74) is 2.69. The first-order chi connectivity index (χ1) is 9.84. The summed E-state index contributed by atoms with van der Waals surface area (Å²) in [6.45, 7) is 7.42. The van der Waals surface area contributed by atoms with Crippen LogP contribution in [0.5, 0.6) is 0 Å². The van der Waals surface area contributed by atoms with Gasteiger partial charge in [-0.15, -0.1) is 0 Å². The molecule has 0 atom stereocenters. The third-order valence-corrected chi connectivity index (χ3v) is 3.67. The molecule has 2 aromatic rings. The number of carboxylic acid groups (broad SMARTS) is 1. The monoisotopic (exact) mass is 285 g/mol. The molecule has 4 nitrogen and oxygen atoms in total. The molecule has 21 heavy (non-hydrogen) atoms. The van der Waals surface area contributed by atoms with Gasteiger partial charge in [-0.2, -0.15) is 0 Å². The van der Waals surface area contributed by atoms with Gasteiger partial charge in [-0.1, -0.05) is 32.0 Å². The number of carbonyl (C=O) groups is 1. The number of aromatic carboxylic acids is 1. The maximum Gasteiger partial charge on any atom is 0.337 e. The SMILES string of the molecule is Cc1cc(=O)n(-c2ccccc2C(C)C)c(C)c1C(=O)O. The summed E-state index contributed by atoms with van der Waals surface area (Å²) in [7, 11) is 0. The van der Waals surface area contributed by atoms with E-state index in [4.69, 9.17) is 0 Å². The Hall–Kier alpha value is -2.36. The quantitative estimate of drug-likeness (QED) is 0.941. The van der Waals surface area contributed by atoms with Gasteiger partial charge in [0.15, 0.2) is 0 Å². The maximum absolute atomic E-state index is 12.4. The van der Waals surface area contributed by atoms with Crippen LogP contribution in [0.15, 0.2) is 35.1 Å². The average molecular weight is 285 g/mol. The molecule has 0 unspecified atom stereocenters. The minimum absolute atomic E-state index is 0.188. The molecule has 0 amide bonds. The number of carboxylic acids is 1. The van der Waals surface area contributed by atoms with Gasteiger partial charge in [-0.3, -0.25) is 9.36 Å². The Labute approximate surface area is 123 Å². The lowest BCUT2D eigenvalue weighted by atomic mass is 10.00. The van der Waals surface area contributed by atoms with E-state index in [0.717, 1.165) is 11.3 Å². The molecule has 0 saturated heterocycles. The van der Waals surface area contributed by atoms with Crippen LogP contribution >= 0.6 is 0 Å². The zero-order chi connectivity index (χ0) is 15.7. The minimum Gasteiger partial charge on any atom is -0.478 e. The van der Waals surface area contributed by atoms with Crippen LogP contribution in [0, 0.1) is 13.8 Å². The average Bonchev–Trinajstić information content (AvgIpc) is 2.37. The van der Waals surface area contributed by atoms with Gasteiger partial charge in [0.1, 0.15) is 0 Å². The fourth-order valence-corrected chi connectivity index (χ4v) is 2.69. The Kier molecular flexibility index (Phi) is 3.98. The molecule has 1 aromatic heterocycles. The summed E-state index contributed by atoms with van der Waals surface area (Å²) in [5.74, 6) is -0.775. The van der Waals surface area contributed by atoms with Crippen molar-refractivity contribution in [2.24, 2.45) is 0 Å². The lowest BCUT2D eigenvalue weighted by molar-refractivity contribution is 0.0694. The Balaban J connectivity index is 2.86. The fraction of sp³-hybridized carbons (Fsp3) is 0.294. The van der Waals surface area contributed by atoms with Gasteiger partial charge in [0, 0.05) is 11.8 Å². The zero-order valence-electron chi connectivity index (χ0n) is 12.7. The molecule has 0 spiro atoms. The normalized spacial score (nSPS) is 10.9. The molecule has 0 aliphatic rings. The predicted molar refractivity (Wildman–Crippen MR) is 82.6 cm³/mol. The fourth-order valence-electron chi connectivity index (χ4n) is 2.69. The Bertz CT molecular complexity index is 757. The van der Waals surface area contributed by atoms with E-state index in [1.807, 2.05) is 38.1 Å². The highest BCUT2D eigenvalue weighted by atomic mass is 16.4. The summed E-state index contributed by atoms with van der Waals surface area (Å²) >= 11 is 0. The molecule has 0 aliphatic carbocycles. The van der Waals surface area contributed by atoms with Crippen LogP contribution in [-0.4, -0.2) is 15.6 Å². The summed E-state index contributed by atoms with van der Waals surface area (Å²) in [6.07, 6.45) is 0. The van der Waals surface area contributed by atoms with E-state index in [0.29, 0.717) is 11.3 Å². The molecular weight excluding hydrogens is 266 g/mol. The van der Waals surface area contributed by atoms with E-state index in [9.17, 15) is 14.7 Å². The van der Waals surface area contributed by atoms with Crippen LogP contribution in [0.2, 0.25) is 0 Å². The second kappa shape index (κ2) is 5.56. The second-order valence-corrected chi connectivity index (χ2v) is 5.48. The van der Waals surface area contributed by atoms with Crippen molar-refractivity contribution in [3.63, 3.8) is 0 Å². The first-order valence-corrected chi connectivity index (χ1v) is 6.90. The molecule has 1 N–H and O–H groups in total. The lowest BCUT2D eigenvalue weighted by Crippen LogP contribution is -2.25. The lowest BCUT2D eigenvalue weighted by Gasteiger charge is -2.18. The van der Waals surface area contributed by atoms with Crippen molar-refractivity contribution in [2.45, 2.75) is 33.6 Å². The minimum atomic E-state index is -1.01. The number of rotatable bonds is 3. The number of aromatic nitrogens is 1. The first kappa shape index (κ1) is 15.0. The summed E-state index contributed by atoms with van der Waals surface area (Å²) < 4.78 is 1.49. The largest absolute Gasteiger partial charge is 0.478 e. The van der Waals surface area contributed by atoms with Crippen molar-refractivity contribution in [1.29, 1.82) is 0 Å². The van der Waals surface area contributed by atoms with Crippen LogP contribution < -0.4 is 5.56 Å². The van der Waals surface area contributed by atoms with E-state index in [1.54, 1.807) is 13.8 Å². The van der Waals surface area contributed by atoms with Gasteiger partial charge in [0.05, 0.1) is 11.3 Å². The molecule has 110 valence electrons. The van der Waals surface area contributed by atoms with Crippen molar-refractivity contribution < 1.29 is 9.90 Å². The zero-order valence-corrected chi connectivity index (χ0v) is 12.7. The molecule has 4 heteroatoms. The molecule has 2 rings (SSSR count). The smallest absolute Gasteiger partial charge is 0.337 e. The van der Waals surface area contributed by atoms with Crippen LogP contribution in [-0.2, 0) is 0 Å². The van der Waals surface area contributed by atoms with Crippen molar-refractivity contribution in [3.8, 4) is 5.69 Å². The highest BCUT2D eigenvalue weighted by molar-refractivity contribution is 5.90. The second-order valence-electron chi connectivity index (χ2n) is 5.48. The van der Waals surface area contributed by atoms with E-state index >= 15 is 0 Å². The van der Waals surface area contributed by atoms with Crippen LogP contribution in [0.4, 0.5) is 0 Å². The summed E-state index contributed by atoms with van der Waals surface area (Å²) in [6, 6.07) is 8.98. The summed E-state index contributed by atoms with van der Waals surface area (Å²) in [4.78, 5) is 23.8. The van der Waals surface area contributed by atoms with Gasteiger partial charge in [-0.05, 0) is 37.0 Å². The van der Waals surface area contributed by atoms with E-state index in [2.05, 4.69) is 0 Å². The molecule has 0 bridgehead atoms. The number of para-hydroxylation sites is 1. The third-order valence-electron chi connectivity index (χ3n) is 3.67. The van der Waals surface area contributed by atoms with Crippen molar-refractivity contribution in [3.05, 3.63) is 63.1 Å². The van der Waals surface area contributed by atoms with Crippen molar-refractivity contribution >= 4 is 5.97 Å². The topological polar surface area (TPSA) is 59.3 Å². The number of nitrogens with zero attached hydrogens (tertiary/aromatic N) is 1. The molecule has 0 aliphatic heterocycles. The van der Waals surface area contributed by atoms with Gasteiger partial charge in [0.25, 0.3) is 5.56 Å². The van der Waals surface area contributed by atoms with Crippen LogP contribution in [0.3, 0.4) is 0 Å². The molecule has 0 saturated carbocycles. The first-order valence-electron chi connectivity index (χ1n) is 6.90. The predicted octanol–water partition coefficient (Wildman–Crippen LogP) is 3.28. The molecule has 0 radical (unpaired) electrons. The number of aryl methyl sites for hydroxylation is 1. The van der Waals surface area contributed by atoms with Gasteiger partial charge < -0.3 is 5.11 Å². The standard InChI is InChI=1S/C17H19NO3/c1-10(2)13-7-5-6-8-14(13)18-12(4)16(17(20)21)11(3)9-15(18)19/h5-10H,1-4H3,(H,20,21). The Morgan fingerprint density at radius 3 is 2.38 bits per heavy atom. The number of pyridine rings is 1. The van der Waals surface area contributed by atoms with E-state index in [1.165, 1.54) is 10.6 Å². The molecule has 1 heterocycles. The van der Waals surface area contributed by atoms with Gasteiger partial charge in [-0.25, -0.2) is 4.79 Å². The molecular formula is C17H19NO3. The molecule has 1 aromatic carbocycles. The number of hydrogen-bond acceptors (Lipinski definition) is 2. The Morgan fingerprint density at radius 2 is 1.81 bits per heavy atom. The van der Waals surface area contributed by atoms with Crippen LogP contribution in [0.1, 0.15) is 46.9 Å². The van der Waals surface area contributed by atoms with E-state index < -0.39 is 5.97 Å². The summed E-state index contributed by atoms with van der Waals surface area (Å²) in [5, 5.41) is 9.37. The molecule has 0 fully saturated rings. The van der Waals surface area contributed by atoms with Crippen LogP contribution in [0.25, 0.3) is 5.69 Å². The van der Waals surface area contributed by atoms with Gasteiger partial charge in [0.2, 0.25) is 0 Å². The van der Waals surface area contributed by atoms with Crippen molar-refractivity contribution in [2.75, 3.05) is 0 Å². The maximum atomic E-state index is 12.4. The van der Waals surface area contributed by atoms with Crippen molar-refractivity contribution in [1.82, 2.24) is 4.57 Å². The van der Waals surface area contributed by atoms with E-state index in [-0.39, 0.29) is 17.0 Å². The number of hydrogen-bond donors (Lipinski definition) is 1. The highest BCUT2D eigenvalue weighted by Crippen LogP contribution is 2.24. The number of benzene rings is 1. The Morgan fingerprint density at radius 1 is 1.19 bits per heavy atom. The third kappa shape index (κ3) is 2.61. The highest BCUT2D eigenvalue weighted by Gasteiger charge is 2.18.